The van der Waals surface area contributed by atoms with Crippen molar-refractivity contribution < 1.29 is 14.6 Å². The maximum Gasteiger partial charge on any atom is 0.407 e. The van der Waals surface area contributed by atoms with Crippen LogP contribution in [0, 0.1) is 0 Å². The summed E-state index contributed by atoms with van der Waals surface area (Å²) in [5.41, 5.74) is 2.21. The van der Waals surface area contributed by atoms with Gasteiger partial charge in [-0.1, -0.05) is 38.1 Å². The van der Waals surface area contributed by atoms with Gasteiger partial charge in [-0.3, -0.25) is 0 Å². The van der Waals surface area contributed by atoms with Crippen LogP contribution in [-0.2, 0) is 11.3 Å². The highest BCUT2D eigenvalue weighted by Crippen LogP contribution is 2.14. The zero-order valence-electron chi connectivity index (χ0n) is 10.3. The van der Waals surface area contributed by atoms with Crippen LogP contribution >= 0.6 is 0 Å². The van der Waals surface area contributed by atoms with Gasteiger partial charge >= 0.3 is 6.09 Å². The first-order valence-electron chi connectivity index (χ1n) is 5.74. The number of aliphatic hydroxyl groups excluding tert-OH is 1. The highest BCUT2D eigenvalue weighted by molar-refractivity contribution is 5.67. The number of aliphatic hydroxyl groups is 1. The van der Waals surface area contributed by atoms with E-state index in [9.17, 15) is 4.79 Å². The minimum atomic E-state index is -0.507. The number of carbonyl (C=O) groups excluding carboxylic acids is 1. The predicted molar refractivity (Wildman–Crippen MR) is 65.8 cm³/mol. The first kappa shape index (κ1) is 13.5. The number of alkyl carbamates (subject to hydrolysis) is 1. The lowest BCUT2D eigenvalue weighted by molar-refractivity contribution is 0.137. The molecule has 94 valence electrons. The predicted octanol–water partition coefficient (Wildman–Crippen LogP) is 2.03. The molecule has 0 heterocycles. The Morgan fingerprint density at radius 1 is 1.35 bits per heavy atom. The molecule has 1 amide bonds. The van der Waals surface area contributed by atoms with E-state index in [0.29, 0.717) is 5.92 Å². The van der Waals surface area contributed by atoms with Crippen molar-refractivity contribution in [2.45, 2.75) is 26.4 Å². The van der Waals surface area contributed by atoms with E-state index in [1.807, 2.05) is 24.3 Å². The van der Waals surface area contributed by atoms with Crippen LogP contribution < -0.4 is 5.32 Å². The maximum absolute atomic E-state index is 11.1. The molecule has 0 atom stereocenters. The number of hydrogen-bond donors (Lipinski definition) is 2. The Balaban J connectivity index is 2.39. The average molecular weight is 237 g/mol. The Hall–Kier alpha value is -1.55. The molecule has 1 aromatic carbocycles. The number of carbonyl (C=O) groups is 1. The zero-order valence-corrected chi connectivity index (χ0v) is 10.3. The third-order valence-corrected chi connectivity index (χ3v) is 2.40. The molecule has 2 N–H and O–H groups in total. The Kier molecular flexibility index (Phi) is 5.49. The summed E-state index contributed by atoms with van der Waals surface area (Å²) in [4.78, 5) is 11.1. The molecule has 0 saturated heterocycles. The summed E-state index contributed by atoms with van der Waals surface area (Å²) in [5, 5.41) is 10.9. The van der Waals surface area contributed by atoms with Gasteiger partial charge in [-0.15, -0.1) is 0 Å². The minimum Gasteiger partial charge on any atom is -0.445 e. The second kappa shape index (κ2) is 6.91. The van der Waals surface area contributed by atoms with Crippen molar-refractivity contribution >= 4 is 6.09 Å². The largest absolute Gasteiger partial charge is 0.445 e. The SMILES string of the molecule is CC(C)c1ccc(COC(=O)NCCO)cc1. The van der Waals surface area contributed by atoms with Crippen LogP contribution in [0.5, 0.6) is 0 Å². The van der Waals surface area contributed by atoms with E-state index in [-0.39, 0.29) is 19.8 Å². The van der Waals surface area contributed by atoms with E-state index >= 15 is 0 Å². The molecule has 1 aromatic rings. The lowest BCUT2D eigenvalue weighted by Gasteiger charge is -2.08. The van der Waals surface area contributed by atoms with E-state index in [0.717, 1.165) is 5.56 Å². The quantitative estimate of drug-likeness (QED) is 0.823. The molecule has 0 aliphatic rings. The van der Waals surface area contributed by atoms with Gasteiger partial charge in [-0.05, 0) is 17.0 Å². The molecular formula is C13H19NO3. The molecular weight excluding hydrogens is 218 g/mol. The highest BCUT2D eigenvalue weighted by Gasteiger charge is 2.02. The summed E-state index contributed by atoms with van der Waals surface area (Å²) >= 11 is 0. The van der Waals surface area contributed by atoms with Gasteiger partial charge < -0.3 is 15.2 Å². The molecule has 1 rings (SSSR count). The van der Waals surface area contributed by atoms with Crippen LogP contribution in [0.15, 0.2) is 24.3 Å². The molecule has 0 fully saturated rings. The van der Waals surface area contributed by atoms with Gasteiger partial charge in [0.1, 0.15) is 6.61 Å². The van der Waals surface area contributed by atoms with Crippen molar-refractivity contribution in [1.82, 2.24) is 5.32 Å². The average Bonchev–Trinajstić information content (AvgIpc) is 2.34. The number of hydrogen-bond acceptors (Lipinski definition) is 3. The van der Waals surface area contributed by atoms with Crippen molar-refractivity contribution in [3.63, 3.8) is 0 Å². The fraction of sp³-hybridized carbons (Fsp3) is 0.462. The van der Waals surface area contributed by atoms with Gasteiger partial charge in [0.15, 0.2) is 0 Å². The number of amides is 1. The monoisotopic (exact) mass is 237 g/mol. The van der Waals surface area contributed by atoms with Crippen LogP contribution in [0.25, 0.3) is 0 Å². The van der Waals surface area contributed by atoms with Crippen molar-refractivity contribution in [3.05, 3.63) is 35.4 Å². The minimum absolute atomic E-state index is 0.0851. The summed E-state index contributed by atoms with van der Waals surface area (Å²) in [6, 6.07) is 7.98. The van der Waals surface area contributed by atoms with Crippen LogP contribution in [0.4, 0.5) is 4.79 Å². The van der Waals surface area contributed by atoms with Crippen molar-refractivity contribution in [2.24, 2.45) is 0 Å². The van der Waals surface area contributed by atoms with E-state index in [4.69, 9.17) is 9.84 Å². The molecule has 0 aromatic heterocycles. The molecule has 0 aliphatic heterocycles. The first-order valence-corrected chi connectivity index (χ1v) is 5.74. The van der Waals surface area contributed by atoms with Gasteiger partial charge in [0.25, 0.3) is 0 Å². The fourth-order valence-corrected chi connectivity index (χ4v) is 1.36. The summed E-state index contributed by atoms with van der Waals surface area (Å²) in [6.45, 7) is 4.64. The Morgan fingerprint density at radius 2 is 2.00 bits per heavy atom. The summed E-state index contributed by atoms with van der Waals surface area (Å²) in [5.74, 6) is 0.498. The van der Waals surface area contributed by atoms with Crippen LogP contribution in [-0.4, -0.2) is 24.4 Å². The molecule has 0 saturated carbocycles. The summed E-state index contributed by atoms with van der Waals surface area (Å²) in [6.07, 6.45) is -0.507. The van der Waals surface area contributed by atoms with E-state index < -0.39 is 6.09 Å². The molecule has 17 heavy (non-hydrogen) atoms. The van der Waals surface area contributed by atoms with Gasteiger partial charge in [0, 0.05) is 6.54 Å². The summed E-state index contributed by atoms with van der Waals surface area (Å²) < 4.78 is 4.97. The molecule has 0 spiro atoms. The number of nitrogens with one attached hydrogen (secondary N) is 1. The second-order valence-electron chi connectivity index (χ2n) is 4.12. The van der Waals surface area contributed by atoms with Crippen LogP contribution in [0.2, 0.25) is 0 Å². The second-order valence-corrected chi connectivity index (χ2v) is 4.12. The van der Waals surface area contributed by atoms with E-state index in [1.54, 1.807) is 0 Å². The highest BCUT2D eigenvalue weighted by atomic mass is 16.5. The molecule has 0 radical (unpaired) electrons. The van der Waals surface area contributed by atoms with Crippen LogP contribution in [0.1, 0.15) is 30.9 Å². The Morgan fingerprint density at radius 3 is 2.53 bits per heavy atom. The zero-order chi connectivity index (χ0) is 12.7. The van der Waals surface area contributed by atoms with E-state index in [1.165, 1.54) is 5.56 Å². The van der Waals surface area contributed by atoms with Gasteiger partial charge in [-0.25, -0.2) is 4.79 Å². The fourth-order valence-electron chi connectivity index (χ4n) is 1.36. The number of rotatable bonds is 5. The molecule has 4 nitrogen and oxygen atoms in total. The van der Waals surface area contributed by atoms with Gasteiger partial charge in [-0.2, -0.15) is 0 Å². The third kappa shape index (κ3) is 4.87. The van der Waals surface area contributed by atoms with E-state index in [2.05, 4.69) is 19.2 Å². The molecule has 0 bridgehead atoms. The number of ether oxygens (including phenoxy) is 1. The standard InChI is InChI=1S/C13H19NO3/c1-10(2)12-5-3-11(4-6-12)9-17-13(16)14-7-8-15/h3-6,10,15H,7-9H2,1-2H3,(H,14,16). The maximum atomic E-state index is 11.1. The van der Waals surface area contributed by atoms with Crippen molar-refractivity contribution in [3.8, 4) is 0 Å². The molecule has 0 unspecified atom stereocenters. The molecule has 0 aliphatic carbocycles. The summed E-state index contributed by atoms with van der Waals surface area (Å²) in [7, 11) is 0. The number of benzene rings is 1. The third-order valence-electron chi connectivity index (χ3n) is 2.40. The topological polar surface area (TPSA) is 58.6 Å². The Labute approximate surface area is 102 Å². The van der Waals surface area contributed by atoms with Crippen molar-refractivity contribution in [2.75, 3.05) is 13.2 Å². The lowest BCUT2D eigenvalue weighted by atomic mass is 10.0. The van der Waals surface area contributed by atoms with Crippen molar-refractivity contribution in [1.29, 1.82) is 0 Å². The Bertz CT molecular complexity index is 346. The van der Waals surface area contributed by atoms with Gasteiger partial charge in [0.2, 0.25) is 0 Å². The first-order chi connectivity index (χ1) is 8.13. The normalized spacial score (nSPS) is 10.4. The molecule has 4 heteroatoms. The van der Waals surface area contributed by atoms with Crippen LogP contribution in [0.3, 0.4) is 0 Å². The smallest absolute Gasteiger partial charge is 0.407 e. The lowest BCUT2D eigenvalue weighted by Crippen LogP contribution is -2.26. The van der Waals surface area contributed by atoms with Gasteiger partial charge in [0.05, 0.1) is 6.61 Å².